The highest BCUT2D eigenvalue weighted by atomic mass is 35.5. The molecule has 172 valence electrons. The van der Waals surface area contributed by atoms with Crippen LogP contribution in [0.4, 0.5) is 0 Å². The number of carbonyl (C=O) groups excluding carboxylic acids is 2. The number of allylic oxidation sites excluding steroid dienone is 3. The normalized spacial score (nSPS) is 23.1. The lowest BCUT2D eigenvalue weighted by molar-refractivity contribution is -0.131. The van der Waals surface area contributed by atoms with Crippen LogP contribution in [0.2, 0.25) is 5.02 Å². The van der Waals surface area contributed by atoms with Crippen LogP contribution in [-0.2, 0) is 14.3 Å². The molecule has 0 bridgehead atoms. The first-order valence-electron chi connectivity index (χ1n) is 10.8. The first kappa shape index (κ1) is 22.7. The van der Waals surface area contributed by atoms with E-state index in [1.54, 1.807) is 17.0 Å². The average molecular weight is 461 g/mol. The summed E-state index contributed by atoms with van der Waals surface area (Å²) in [7, 11) is 1.44. The molecule has 0 radical (unpaired) electrons. The Morgan fingerprint density at radius 3 is 2.62 bits per heavy atom. The van der Waals surface area contributed by atoms with Gasteiger partial charge in [-0.2, -0.15) is 0 Å². The number of morpholine rings is 1. The number of methoxy groups -OCH3 is 1. The summed E-state index contributed by atoms with van der Waals surface area (Å²) in [6.45, 7) is 7.96. The number of phenolic OH excluding ortho intramolecular Hbond substituents is 1. The predicted molar refractivity (Wildman–Crippen MR) is 121 cm³/mol. The van der Waals surface area contributed by atoms with Crippen molar-refractivity contribution in [2.75, 3.05) is 33.4 Å². The molecule has 1 aromatic carbocycles. The number of nitrogens with zero attached hydrogens (tertiary/aromatic N) is 1. The van der Waals surface area contributed by atoms with Crippen molar-refractivity contribution in [3.63, 3.8) is 0 Å². The standard InChI is InChI=1S/C24H29ClN2O5/c1-13-19(23(30)27-5-7-32-8-6-27)20(14-9-15(25)22(29)18(10-14)31-4)21-16(26-13)11-24(2,3)12-17(21)28/h9-10,20,26,29H,5-8,11-12H2,1-4H3. The largest absolute Gasteiger partial charge is 0.503 e. The molecule has 1 fully saturated rings. The summed E-state index contributed by atoms with van der Waals surface area (Å²) < 4.78 is 10.7. The van der Waals surface area contributed by atoms with E-state index in [0.29, 0.717) is 55.9 Å². The third-order valence-electron chi connectivity index (χ3n) is 6.37. The minimum atomic E-state index is -0.600. The van der Waals surface area contributed by atoms with Gasteiger partial charge in [0.25, 0.3) is 5.91 Å². The quantitative estimate of drug-likeness (QED) is 0.717. The highest BCUT2D eigenvalue weighted by Gasteiger charge is 2.44. The fourth-order valence-electron chi connectivity index (χ4n) is 4.91. The Hall–Kier alpha value is -2.51. The number of halogens is 1. The van der Waals surface area contributed by atoms with Crippen molar-refractivity contribution < 1.29 is 24.2 Å². The Balaban J connectivity index is 1.89. The molecule has 1 amide bonds. The van der Waals surface area contributed by atoms with Crippen molar-refractivity contribution in [1.29, 1.82) is 0 Å². The second-order valence-electron chi connectivity index (χ2n) is 9.39. The topological polar surface area (TPSA) is 88.1 Å². The van der Waals surface area contributed by atoms with Gasteiger partial charge in [0.15, 0.2) is 17.3 Å². The zero-order valence-electron chi connectivity index (χ0n) is 18.9. The molecule has 8 heteroatoms. The molecule has 1 aliphatic carbocycles. The summed E-state index contributed by atoms with van der Waals surface area (Å²) in [6.07, 6.45) is 1.09. The third kappa shape index (κ3) is 3.99. The first-order chi connectivity index (χ1) is 15.1. The van der Waals surface area contributed by atoms with Crippen LogP contribution >= 0.6 is 11.6 Å². The van der Waals surface area contributed by atoms with Crippen molar-refractivity contribution in [2.45, 2.75) is 39.5 Å². The van der Waals surface area contributed by atoms with Crippen molar-refractivity contribution in [3.05, 3.63) is 45.3 Å². The van der Waals surface area contributed by atoms with Gasteiger partial charge in [-0.25, -0.2) is 0 Å². The van der Waals surface area contributed by atoms with Crippen molar-refractivity contribution in [1.82, 2.24) is 10.2 Å². The number of nitrogens with one attached hydrogen (secondary N) is 1. The van der Waals surface area contributed by atoms with Crippen LogP contribution in [0.15, 0.2) is 34.7 Å². The van der Waals surface area contributed by atoms with Crippen molar-refractivity contribution >= 4 is 23.3 Å². The highest BCUT2D eigenvalue weighted by molar-refractivity contribution is 6.32. The number of ether oxygens (including phenoxy) is 2. The fraction of sp³-hybridized carbons (Fsp3) is 0.500. The zero-order chi connectivity index (χ0) is 23.2. The summed E-state index contributed by atoms with van der Waals surface area (Å²) in [5.74, 6) is -0.684. The fourth-order valence-corrected chi connectivity index (χ4v) is 5.12. The minimum Gasteiger partial charge on any atom is -0.503 e. The van der Waals surface area contributed by atoms with Crippen LogP contribution in [-0.4, -0.2) is 55.1 Å². The molecule has 3 aliphatic rings. The third-order valence-corrected chi connectivity index (χ3v) is 6.66. The maximum absolute atomic E-state index is 13.7. The number of benzene rings is 1. The van der Waals surface area contributed by atoms with Crippen LogP contribution in [0, 0.1) is 5.41 Å². The Morgan fingerprint density at radius 1 is 1.28 bits per heavy atom. The first-order valence-corrected chi connectivity index (χ1v) is 11.2. The summed E-state index contributed by atoms with van der Waals surface area (Å²) >= 11 is 6.31. The number of rotatable bonds is 3. The molecular formula is C24H29ClN2O5. The highest BCUT2D eigenvalue weighted by Crippen LogP contribution is 2.49. The van der Waals surface area contributed by atoms with E-state index >= 15 is 0 Å². The van der Waals surface area contributed by atoms with Crippen LogP contribution < -0.4 is 10.1 Å². The molecule has 32 heavy (non-hydrogen) atoms. The lowest BCUT2D eigenvalue weighted by Gasteiger charge is -2.41. The van der Waals surface area contributed by atoms with Crippen molar-refractivity contribution in [2.24, 2.45) is 5.41 Å². The van der Waals surface area contributed by atoms with Gasteiger partial charge >= 0.3 is 0 Å². The monoisotopic (exact) mass is 460 g/mol. The SMILES string of the molecule is COc1cc(C2C(C(=O)N3CCOCC3)=C(C)NC3=C2C(=O)CC(C)(C)C3)cc(Cl)c1O. The molecule has 4 rings (SSSR count). The van der Waals surface area contributed by atoms with Crippen LogP contribution in [0.1, 0.15) is 45.1 Å². The van der Waals surface area contributed by atoms with Crippen LogP contribution in [0.3, 0.4) is 0 Å². The Bertz CT molecular complexity index is 1040. The minimum absolute atomic E-state index is 0.0108. The van der Waals surface area contributed by atoms with Gasteiger partial charge in [-0.3, -0.25) is 9.59 Å². The van der Waals surface area contributed by atoms with Gasteiger partial charge in [0.2, 0.25) is 0 Å². The van der Waals surface area contributed by atoms with Gasteiger partial charge in [-0.15, -0.1) is 0 Å². The van der Waals surface area contributed by atoms with E-state index in [2.05, 4.69) is 19.2 Å². The lowest BCUT2D eigenvalue weighted by atomic mass is 9.68. The molecule has 0 spiro atoms. The van der Waals surface area contributed by atoms with Gasteiger partial charge in [-0.05, 0) is 36.5 Å². The number of ketones is 1. The molecule has 7 nitrogen and oxygen atoms in total. The molecule has 1 atom stereocenters. The number of Topliss-reactive ketones (excluding diaryl/α,β-unsaturated/α-hetero) is 1. The van der Waals surface area contributed by atoms with E-state index in [0.717, 1.165) is 11.4 Å². The number of aromatic hydroxyl groups is 1. The molecule has 2 N–H and O–H groups in total. The number of carbonyl (C=O) groups is 2. The molecular weight excluding hydrogens is 432 g/mol. The van der Waals surface area contributed by atoms with E-state index < -0.39 is 5.92 Å². The van der Waals surface area contributed by atoms with Gasteiger partial charge in [-0.1, -0.05) is 25.4 Å². The summed E-state index contributed by atoms with van der Waals surface area (Å²) in [6, 6.07) is 3.28. The van der Waals surface area contributed by atoms with Gasteiger partial charge in [0.05, 0.1) is 25.3 Å². The van der Waals surface area contributed by atoms with Crippen LogP contribution in [0.5, 0.6) is 11.5 Å². The van der Waals surface area contributed by atoms with E-state index in [9.17, 15) is 14.7 Å². The Morgan fingerprint density at radius 2 is 1.97 bits per heavy atom. The lowest BCUT2D eigenvalue weighted by Crippen LogP contribution is -2.45. The molecule has 0 saturated carbocycles. The molecule has 1 saturated heterocycles. The summed E-state index contributed by atoms with van der Waals surface area (Å²) in [5.41, 5.74) is 3.14. The number of amides is 1. The smallest absolute Gasteiger partial charge is 0.252 e. The molecule has 0 aromatic heterocycles. The Labute approximate surface area is 193 Å². The summed E-state index contributed by atoms with van der Waals surface area (Å²) in [4.78, 5) is 28.9. The Kier molecular flexibility index (Phi) is 5.98. The number of hydrogen-bond acceptors (Lipinski definition) is 6. The predicted octanol–water partition coefficient (Wildman–Crippen LogP) is 3.52. The number of phenols is 1. The zero-order valence-corrected chi connectivity index (χ0v) is 19.6. The van der Waals surface area contributed by atoms with E-state index in [1.165, 1.54) is 7.11 Å². The van der Waals surface area contributed by atoms with Gasteiger partial charge < -0.3 is 24.8 Å². The second-order valence-corrected chi connectivity index (χ2v) is 9.80. The molecule has 2 heterocycles. The van der Waals surface area contributed by atoms with Crippen LogP contribution in [0.25, 0.3) is 0 Å². The molecule has 2 aliphatic heterocycles. The second kappa shape index (κ2) is 8.45. The summed E-state index contributed by atoms with van der Waals surface area (Å²) in [5, 5.41) is 13.7. The molecule has 1 unspecified atom stereocenters. The number of dihydropyridines is 1. The van der Waals surface area contributed by atoms with Gasteiger partial charge in [0.1, 0.15) is 0 Å². The van der Waals surface area contributed by atoms with Gasteiger partial charge in [0, 0.05) is 48.0 Å². The van der Waals surface area contributed by atoms with Crippen molar-refractivity contribution in [3.8, 4) is 11.5 Å². The number of hydrogen-bond donors (Lipinski definition) is 2. The average Bonchev–Trinajstić information content (AvgIpc) is 2.74. The molecule has 1 aromatic rings. The van der Waals surface area contributed by atoms with E-state index in [-0.39, 0.29) is 33.6 Å². The maximum Gasteiger partial charge on any atom is 0.252 e. The van der Waals surface area contributed by atoms with E-state index in [4.69, 9.17) is 21.1 Å². The van der Waals surface area contributed by atoms with E-state index in [1.807, 2.05) is 6.92 Å². The maximum atomic E-state index is 13.7.